The van der Waals surface area contributed by atoms with E-state index in [0.29, 0.717) is 15.9 Å². The number of hydrogen-bond donors (Lipinski definition) is 1. The summed E-state index contributed by atoms with van der Waals surface area (Å²) in [5.41, 5.74) is 0.805. The van der Waals surface area contributed by atoms with Crippen LogP contribution in [0.15, 0.2) is 24.3 Å². The number of anilines is 1. The van der Waals surface area contributed by atoms with Crippen molar-refractivity contribution >= 4 is 40.1 Å². The highest BCUT2D eigenvalue weighted by molar-refractivity contribution is 7.15. The molecule has 20 heavy (non-hydrogen) atoms. The molecule has 0 saturated carbocycles. The molecule has 7 heteroatoms. The highest BCUT2D eigenvalue weighted by atomic mass is 35.5. The molecule has 1 aromatic heterocycles. The first-order valence-corrected chi connectivity index (χ1v) is 6.90. The summed E-state index contributed by atoms with van der Waals surface area (Å²) >= 11 is 7.32. The van der Waals surface area contributed by atoms with Gasteiger partial charge in [-0.3, -0.25) is 10.1 Å². The molecule has 0 aliphatic rings. The number of rotatable bonds is 4. The van der Waals surface area contributed by atoms with E-state index in [-0.39, 0.29) is 5.91 Å². The van der Waals surface area contributed by atoms with Gasteiger partial charge in [-0.05, 0) is 30.7 Å². The van der Waals surface area contributed by atoms with E-state index >= 15 is 0 Å². The molecule has 0 spiro atoms. The summed E-state index contributed by atoms with van der Waals surface area (Å²) in [6.07, 6.45) is 3.07. The lowest BCUT2D eigenvalue weighted by molar-refractivity contribution is -0.111. The molecule has 0 fully saturated rings. The van der Waals surface area contributed by atoms with E-state index in [2.05, 4.69) is 15.5 Å². The fourth-order valence-corrected chi connectivity index (χ4v) is 2.31. The number of carbonyl (C=O) groups excluding carboxylic acids is 1. The minimum absolute atomic E-state index is 0.270. The van der Waals surface area contributed by atoms with Crippen molar-refractivity contribution in [3.63, 3.8) is 0 Å². The Hall–Kier alpha value is -1.92. The van der Waals surface area contributed by atoms with Gasteiger partial charge in [-0.1, -0.05) is 29.0 Å². The molecule has 0 unspecified atom stereocenters. The first-order chi connectivity index (χ1) is 9.58. The summed E-state index contributed by atoms with van der Waals surface area (Å²) in [6, 6.07) is 5.27. The van der Waals surface area contributed by atoms with Crippen LogP contribution in [0, 0.1) is 6.92 Å². The highest BCUT2D eigenvalue weighted by Crippen LogP contribution is 2.25. The van der Waals surface area contributed by atoms with Gasteiger partial charge in [0.2, 0.25) is 11.0 Å². The predicted molar refractivity (Wildman–Crippen MR) is 80.3 cm³/mol. The van der Waals surface area contributed by atoms with Crippen LogP contribution < -0.4 is 10.1 Å². The molecule has 0 radical (unpaired) electrons. The molecular weight excluding hydrogens is 298 g/mol. The number of aryl methyl sites for hydroxylation is 1. The third-order valence-electron chi connectivity index (χ3n) is 2.36. The topological polar surface area (TPSA) is 64.1 Å². The minimum Gasteiger partial charge on any atom is -0.495 e. The summed E-state index contributed by atoms with van der Waals surface area (Å²) < 4.78 is 5.06. The molecule has 1 N–H and O–H groups in total. The summed E-state index contributed by atoms with van der Waals surface area (Å²) in [6.45, 7) is 1.82. The van der Waals surface area contributed by atoms with Gasteiger partial charge in [-0.2, -0.15) is 0 Å². The van der Waals surface area contributed by atoms with Crippen LogP contribution in [0.2, 0.25) is 5.02 Å². The largest absolute Gasteiger partial charge is 0.495 e. The Bertz CT molecular complexity index is 655. The van der Waals surface area contributed by atoms with Crippen molar-refractivity contribution in [3.8, 4) is 5.75 Å². The number of amides is 1. The van der Waals surface area contributed by atoms with Crippen LogP contribution in [0.4, 0.5) is 5.13 Å². The zero-order valence-electron chi connectivity index (χ0n) is 10.9. The van der Waals surface area contributed by atoms with Gasteiger partial charge >= 0.3 is 0 Å². The maximum absolute atomic E-state index is 11.7. The van der Waals surface area contributed by atoms with Gasteiger partial charge in [0.05, 0.1) is 12.1 Å². The quantitative estimate of drug-likeness (QED) is 0.881. The Labute approximate surface area is 125 Å². The Morgan fingerprint density at radius 2 is 2.25 bits per heavy atom. The van der Waals surface area contributed by atoms with Crippen molar-refractivity contribution in [2.24, 2.45) is 0 Å². The molecule has 0 atom stereocenters. The van der Waals surface area contributed by atoms with Crippen LogP contribution in [0.3, 0.4) is 0 Å². The van der Waals surface area contributed by atoms with Gasteiger partial charge in [-0.25, -0.2) is 0 Å². The van der Waals surface area contributed by atoms with Crippen molar-refractivity contribution in [2.45, 2.75) is 6.92 Å². The van der Waals surface area contributed by atoms with Gasteiger partial charge in [0.15, 0.2) is 0 Å². The van der Waals surface area contributed by atoms with Crippen LogP contribution in [0.5, 0.6) is 5.75 Å². The second kappa shape index (κ2) is 6.49. The first-order valence-electron chi connectivity index (χ1n) is 5.71. The average Bonchev–Trinajstić information content (AvgIpc) is 2.82. The fraction of sp³-hybridized carbons (Fsp3) is 0.154. The molecule has 1 aromatic carbocycles. The van der Waals surface area contributed by atoms with Gasteiger partial charge < -0.3 is 4.74 Å². The summed E-state index contributed by atoms with van der Waals surface area (Å²) in [5.74, 6) is 0.325. The van der Waals surface area contributed by atoms with Gasteiger partial charge in [0.25, 0.3) is 0 Å². The van der Waals surface area contributed by atoms with Gasteiger partial charge in [0, 0.05) is 6.08 Å². The number of benzene rings is 1. The van der Waals surface area contributed by atoms with Crippen molar-refractivity contribution in [1.82, 2.24) is 10.2 Å². The molecule has 0 aliphatic heterocycles. The predicted octanol–water partition coefficient (Wildman–Crippen LogP) is 3.16. The van der Waals surface area contributed by atoms with E-state index in [4.69, 9.17) is 16.3 Å². The molecule has 0 saturated heterocycles. The monoisotopic (exact) mass is 309 g/mol. The number of nitrogens with zero attached hydrogens (tertiary/aromatic N) is 2. The molecule has 2 rings (SSSR count). The Kier molecular flexibility index (Phi) is 4.70. The van der Waals surface area contributed by atoms with E-state index in [1.165, 1.54) is 17.4 Å². The number of nitrogens with one attached hydrogen (secondary N) is 1. The molecular formula is C13H12ClN3O2S. The molecule has 104 valence electrons. The normalized spacial score (nSPS) is 10.8. The Morgan fingerprint density at radius 1 is 1.45 bits per heavy atom. The number of hydrogen-bond acceptors (Lipinski definition) is 5. The Balaban J connectivity index is 2.01. The SMILES string of the molecule is COc1ccc(C=CC(=O)Nc2nnc(C)s2)cc1Cl. The maximum Gasteiger partial charge on any atom is 0.250 e. The van der Waals surface area contributed by atoms with Gasteiger partial charge in [-0.15, -0.1) is 10.2 Å². The lowest BCUT2D eigenvalue weighted by atomic mass is 10.2. The first kappa shape index (κ1) is 14.5. The van der Waals surface area contributed by atoms with E-state index in [9.17, 15) is 4.79 Å². The van der Waals surface area contributed by atoms with Crippen LogP contribution in [-0.4, -0.2) is 23.2 Å². The molecule has 0 aliphatic carbocycles. The molecule has 1 heterocycles. The third-order valence-corrected chi connectivity index (χ3v) is 3.41. The second-order valence-electron chi connectivity index (χ2n) is 3.84. The van der Waals surface area contributed by atoms with Crippen molar-refractivity contribution < 1.29 is 9.53 Å². The number of aromatic nitrogens is 2. The second-order valence-corrected chi connectivity index (χ2v) is 5.43. The third kappa shape index (κ3) is 3.79. The highest BCUT2D eigenvalue weighted by Gasteiger charge is 2.03. The fourth-order valence-electron chi connectivity index (χ4n) is 1.45. The smallest absolute Gasteiger partial charge is 0.250 e. The van der Waals surface area contributed by atoms with E-state index in [1.54, 1.807) is 25.3 Å². The molecule has 0 bridgehead atoms. The summed E-state index contributed by atoms with van der Waals surface area (Å²) in [5, 5.41) is 12.0. The number of methoxy groups -OCH3 is 1. The number of ether oxygens (including phenoxy) is 1. The lowest BCUT2D eigenvalue weighted by Gasteiger charge is -2.02. The standard InChI is InChI=1S/C13H12ClN3O2S/c1-8-16-17-13(20-8)15-12(18)6-4-9-3-5-11(19-2)10(14)7-9/h3-7H,1-2H3,(H,15,17,18). The molecule has 2 aromatic rings. The lowest BCUT2D eigenvalue weighted by Crippen LogP contribution is -2.07. The summed E-state index contributed by atoms with van der Waals surface area (Å²) in [7, 11) is 1.55. The van der Waals surface area contributed by atoms with Crippen LogP contribution in [0.1, 0.15) is 10.6 Å². The number of carbonyl (C=O) groups is 1. The number of halogens is 1. The van der Waals surface area contributed by atoms with E-state index in [0.717, 1.165) is 10.6 Å². The van der Waals surface area contributed by atoms with Crippen molar-refractivity contribution in [2.75, 3.05) is 12.4 Å². The van der Waals surface area contributed by atoms with Crippen molar-refractivity contribution in [1.29, 1.82) is 0 Å². The van der Waals surface area contributed by atoms with Crippen molar-refractivity contribution in [3.05, 3.63) is 39.9 Å². The van der Waals surface area contributed by atoms with Crippen LogP contribution in [0.25, 0.3) is 6.08 Å². The minimum atomic E-state index is -0.270. The Morgan fingerprint density at radius 3 is 2.85 bits per heavy atom. The zero-order chi connectivity index (χ0) is 14.5. The van der Waals surface area contributed by atoms with Crippen LogP contribution >= 0.6 is 22.9 Å². The molecule has 5 nitrogen and oxygen atoms in total. The van der Waals surface area contributed by atoms with Gasteiger partial charge in [0.1, 0.15) is 10.8 Å². The van der Waals surface area contributed by atoms with Crippen LogP contribution in [-0.2, 0) is 4.79 Å². The summed E-state index contributed by atoms with van der Waals surface area (Å²) in [4.78, 5) is 11.7. The zero-order valence-corrected chi connectivity index (χ0v) is 12.5. The van der Waals surface area contributed by atoms with E-state index in [1.807, 2.05) is 13.0 Å². The van der Waals surface area contributed by atoms with E-state index < -0.39 is 0 Å². The molecule has 1 amide bonds. The average molecular weight is 310 g/mol. The maximum atomic E-state index is 11.7.